The minimum absolute atomic E-state index is 0.214. The van der Waals surface area contributed by atoms with E-state index in [2.05, 4.69) is 27.7 Å². The monoisotopic (exact) mass is 418 g/mol. The molecule has 0 rings (SSSR count). The molecule has 6 nitrogen and oxygen atoms in total. The Bertz CT molecular complexity index is 370. The summed E-state index contributed by atoms with van der Waals surface area (Å²) in [6.45, 7) is 13.5. The Morgan fingerprint density at radius 3 is 1.86 bits per heavy atom. The Kier molecular flexibility index (Phi) is 17.7. The van der Waals surface area contributed by atoms with Gasteiger partial charge in [-0.3, -0.25) is 0 Å². The highest BCUT2D eigenvalue weighted by atomic mass is 16.6. The van der Waals surface area contributed by atoms with E-state index >= 15 is 0 Å². The number of nitrogens with zero attached hydrogens (tertiary/aromatic N) is 1. The molecule has 2 atom stereocenters. The maximum absolute atomic E-state index is 11.2. The first kappa shape index (κ1) is 28.3. The van der Waals surface area contributed by atoms with Gasteiger partial charge in [-0.15, -0.1) is 0 Å². The van der Waals surface area contributed by atoms with Crippen LogP contribution in [0.4, 0.5) is 0 Å². The van der Waals surface area contributed by atoms with Gasteiger partial charge in [-0.2, -0.15) is 0 Å². The van der Waals surface area contributed by atoms with Crippen LogP contribution in [0.2, 0.25) is 0 Å². The molecule has 0 saturated carbocycles. The van der Waals surface area contributed by atoms with Crippen LogP contribution in [-0.4, -0.2) is 80.9 Å². The number of methoxy groups -OCH3 is 1. The zero-order chi connectivity index (χ0) is 22.0. The molecule has 6 heteroatoms. The first-order chi connectivity index (χ1) is 14.0. The standard InChI is InChI=1S/C23H47NO5/c1-6-10-14-24(15-11-7-2,16-12-8-3)21(13-9-4)22(29-20-23(25)26)19-28-18-17-27-5/h21-22H,6-20H2,1-5H3/p+1. The number of carboxylic acid groups (broad SMARTS) is 1. The summed E-state index contributed by atoms with van der Waals surface area (Å²) < 4.78 is 17.9. The molecule has 0 saturated heterocycles. The predicted octanol–water partition coefficient (Wildman–Crippen LogP) is 4.51. The Labute approximate surface area is 179 Å². The number of carbonyl (C=O) groups is 1. The normalized spacial score (nSPS) is 14.1. The first-order valence-corrected chi connectivity index (χ1v) is 11.8. The largest absolute Gasteiger partial charge is 0.480 e. The maximum Gasteiger partial charge on any atom is 0.329 e. The number of hydrogen-bond acceptors (Lipinski definition) is 4. The Hall–Kier alpha value is -0.690. The molecule has 0 fully saturated rings. The Balaban J connectivity index is 5.75. The molecular formula is C23H48NO5+. The minimum atomic E-state index is -0.920. The van der Waals surface area contributed by atoms with E-state index in [1.165, 1.54) is 38.5 Å². The Morgan fingerprint density at radius 1 is 0.897 bits per heavy atom. The molecule has 0 bridgehead atoms. The van der Waals surface area contributed by atoms with E-state index in [1.54, 1.807) is 7.11 Å². The van der Waals surface area contributed by atoms with E-state index in [9.17, 15) is 9.90 Å². The summed E-state index contributed by atoms with van der Waals surface area (Å²) in [7, 11) is 1.66. The fraction of sp³-hybridized carbons (Fsp3) is 0.957. The smallest absolute Gasteiger partial charge is 0.329 e. The molecule has 0 heterocycles. The van der Waals surface area contributed by atoms with Crippen molar-refractivity contribution in [1.29, 1.82) is 0 Å². The van der Waals surface area contributed by atoms with E-state index in [0.29, 0.717) is 19.8 Å². The van der Waals surface area contributed by atoms with Crippen molar-refractivity contribution in [2.75, 3.05) is 53.2 Å². The predicted molar refractivity (Wildman–Crippen MR) is 118 cm³/mol. The molecule has 0 aliphatic rings. The molecule has 0 aromatic carbocycles. The van der Waals surface area contributed by atoms with E-state index < -0.39 is 5.97 Å². The van der Waals surface area contributed by atoms with E-state index in [-0.39, 0.29) is 18.8 Å². The van der Waals surface area contributed by atoms with Gasteiger partial charge in [-0.05, 0) is 19.3 Å². The van der Waals surface area contributed by atoms with Crippen molar-refractivity contribution in [2.24, 2.45) is 0 Å². The van der Waals surface area contributed by atoms with Gasteiger partial charge >= 0.3 is 5.97 Å². The van der Waals surface area contributed by atoms with Gasteiger partial charge in [0.1, 0.15) is 18.8 Å². The number of rotatable bonds is 21. The van der Waals surface area contributed by atoms with Crippen molar-refractivity contribution in [3.8, 4) is 0 Å². The molecule has 2 unspecified atom stereocenters. The molecule has 0 aliphatic heterocycles. The zero-order valence-corrected chi connectivity index (χ0v) is 19.8. The lowest BCUT2D eigenvalue weighted by Gasteiger charge is -2.48. The van der Waals surface area contributed by atoms with Crippen molar-refractivity contribution in [3.05, 3.63) is 0 Å². The van der Waals surface area contributed by atoms with Crippen LogP contribution in [0.15, 0.2) is 0 Å². The second-order valence-electron chi connectivity index (χ2n) is 8.12. The highest BCUT2D eigenvalue weighted by molar-refractivity contribution is 5.68. The number of aliphatic carboxylic acids is 1. The highest BCUT2D eigenvalue weighted by Crippen LogP contribution is 2.27. The van der Waals surface area contributed by atoms with Gasteiger partial charge in [0, 0.05) is 13.5 Å². The van der Waals surface area contributed by atoms with Crippen molar-refractivity contribution >= 4 is 5.97 Å². The summed E-state index contributed by atoms with van der Waals surface area (Å²) in [5, 5.41) is 9.22. The maximum atomic E-state index is 11.2. The average Bonchev–Trinajstić information content (AvgIpc) is 2.71. The molecular weight excluding hydrogens is 370 g/mol. The summed E-state index contributed by atoms with van der Waals surface area (Å²) in [6.07, 6.45) is 8.92. The summed E-state index contributed by atoms with van der Waals surface area (Å²) in [5.74, 6) is -0.920. The van der Waals surface area contributed by atoms with Crippen LogP contribution in [0.25, 0.3) is 0 Å². The van der Waals surface area contributed by atoms with Gasteiger partial charge in [-0.1, -0.05) is 53.4 Å². The third kappa shape index (κ3) is 11.9. The minimum Gasteiger partial charge on any atom is -0.480 e. The molecule has 0 aromatic rings. The van der Waals surface area contributed by atoms with Crippen LogP contribution >= 0.6 is 0 Å². The average molecular weight is 419 g/mol. The fourth-order valence-electron chi connectivity index (χ4n) is 4.15. The van der Waals surface area contributed by atoms with Crippen LogP contribution < -0.4 is 0 Å². The third-order valence-corrected chi connectivity index (χ3v) is 5.72. The van der Waals surface area contributed by atoms with Gasteiger partial charge < -0.3 is 23.8 Å². The second kappa shape index (κ2) is 18.1. The Morgan fingerprint density at radius 2 is 1.45 bits per heavy atom. The number of hydrogen-bond donors (Lipinski definition) is 1. The zero-order valence-electron chi connectivity index (χ0n) is 19.8. The van der Waals surface area contributed by atoms with E-state index in [1.807, 2.05) is 0 Å². The van der Waals surface area contributed by atoms with Crippen molar-refractivity contribution in [3.63, 3.8) is 0 Å². The molecule has 0 spiro atoms. The molecule has 1 N–H and O–H groups in total. The molecule has 174 valence electrons. The topological polar surface area (TPSA) is 65.0 Å². The van der Waals surface area contributed by atoms with Gasteiger partial charge in [0.05, 0.1) is 39.5 Å². The summed E-state index contributed by atoms with van der Waals surface area (Å²) in [6, 6.07) is 0.256. The number of unbranched alkanes of at least 4 members (excludes halogenated alkanes) is 3. The lowest BCUT2D eigenvalue weighted by molar-refractivity contribution is -0.955. The third-order valence-electron chi connectivity index (χ3n) is 5.72. The van der Waals surface area contributed by atoms with Crippen LogP contribution in [0, 0.1) is 0 Å². The van der Waals surface area contributed by atoms with Crippen molar-refractivity contribution in [2.45, 2.75) is 91.2 Å². The summed E-state index contributed by atoms with van der Waals surface area (Å²) >= 11 is 0. The molecule has 29 heavy (non-hydrogen) atoms. The van der Waals surface area contributed by atoms with Gasteiger partial charge in [0.25, 0.3) is 0 Å². The van der Waals surface area contributed by atoms with E-state index in [0.717, 1.165) is 37.0 Å². The molecule has 0 aromatic heterocycles. The first-order valence-electron chi connectivity index (χ1n) is 11.8. The van der Waals surface area contributed by atoms with Gasteiger partial charge in [-0.25, -0.2) is 4.79 Å². The lowest BCUT2D eigenvalue weighted by atomic mass is 9.97. The van der Waals surface area contributed by atoms with Gasteiger partial charge in [0.2, 0.25) is 0 Å². The lowest BCUT2D eigenvalue weighted by Crippen LogP contribution is -2.62. The quantitative estimate of drug-likeness (QED) is 0.219. The SMILES string of the molecule is CCCC[N+](CCCC)(CCCC)C(CCC)C(COCCOC)OCC(=O)O. The number of quaternary nitrogens is 1. The van der Waals surface area contributed by atoms with Crippen molar-refractivity contribution in [1.82, 2.24) is 0 Å². The van der Waals surface area contributed by atoms with E-state index in [4.69, 9.17) is 14.2 Å². The molecule has 0 aliphatic carbocycles. The van der Waals surface area contributed by atoms with Crippen LogP contribution in [-0.2, 0) is 19.0 Å². The molecule has 0 radical (unpaired) electrons. The van der Waals surface area contributed by atoms with Crippen molar-refractivity contribution < 1.29 is 28.6 Å². The van der Waals surface area contributed by atoms with Crippen LogP contribution in [0.5, 0.6) is 0 Å². The van der Waals surface area contributed by atoms with Crippen LogP contribution in [0.1, 0.15) is 79.1 Å². The number of carboxylic acids is 1. The second-order valence-corrected chi connectivity index (χ2v) is 8.12. The van der Waals surface area contributed by atoms with Crippen LogP contribution in [0.3, 0.4) is 0 Å². The highest BCUT2D eigenvalue weighted by Gasteiger charge is 2.41. The summed E-state index contributed by atoms with van der Waals surface area (Å²) in [4.78, 5) is 11.2. The summed E-state index contributed by atoms with van der Waals surface area (Å²) in [5.41, 5.74) is 0. The number of ether oxygens (including phenoxy) is 3. The van der Waals surface area contributed by atoms with Gasteiger partial charge in [0.15, 0.2) is 0 Å². The molecule has 0 amide bonds. The fourth-order valence-corrected chi connectivity index (χ4v) is 4.15.